The average Bonchev–Trinajstić information content (AvgIpc) is 2.78. The van der Waals surface area contributed by atoms with Gasteiger partial charge in [-0.25, -0.2) is 9.97 Å². The number of likely N-dealkylation sites (tertiary alicyclic amines) is 1. The van der Waals surface area contributed by atoms with Crippen LogP contribution in [0.25, 0.3) is 0 Å². The number of hydrogen-bond donors (Lipinski definition) is 1. The molecule has 4 rings (SSSR count). The molecule has 2 aliphatic rings. The van der Waals surface area contributed by atoms with E-state index in [2.05, 4.69) is 30.1 Å². The predicted molar refractivity (Wildman–Crippen MR) is 112 cm³/mol. The van der Waals surface area contributed by atoms with Gasteiger partial charge in [-0.3, -0.25) is 14.7 Å². The molecule has 4 heterocycles. The lowest BCUT2D eigenvalue weighted by Crippen LogP contribution is -2.50. The molecule has 0 unspecified atom stereocenters. The van der Waals surface area contributed by atoms with Crippen LogP contribution in [-0.4, -0.2) is 58.0 Å². The van der Waals surface area contributed by atoms with Crippen molar-refractivity contribution in [2.24, 2.45) is 5.92 Å². The summed E-state index contributed by atoms with van der Waals surface area (Å²) < 4.78 is 0. The van der Waals surface area contributed by atoms with Crippen LogP contribution in [0.15, 0.2) is 36.8 Å². The van der Waals surface area contributed by atoms with Crippen molar-refractivity contribution in [3.05, 3.63) is 48.2 Å². The summed E-state index contributed by atoms with van der Waals surface area (Å²) in [6, 6.07) is 6.45. The Morgan fingerprint density at radius 3 is 2.79 bits per heavy atom. The number of hydrogen-bond acceptors (Lipinski definition) is 6. The van der Waals surface area contributed by atoms with Crippen molar-refractivity contribution >= 4 is 11.7 Å². The summed E-state index contributed by atoms with van der Waals surface area (Å²) in [5, 5.41) is 3.10. The summed E-state index contributed by atoms with van der Waals surface area (Å²) in [6.07, 6.45) is 9.70. The maximum Gasteiger partial charge on any atom is 0.224 e. The fraction of sp³-hybridized carbons (Fsp3) is 0.545. The van der Waals surface area contributed by atoms with Crippen molar-refractivity contribution in [3.8, 4) is 0 Å². The van der Waals surface area contributed by atoms with Crippen LogP contribution in [0.2, 0.25) is 0 Å². The van der Waals surface area contributed by atoms with E-state index in [9.17, 15) is 4.79 Å². The molecule has 1 N–H and O–H groups in total. The second kappa shape index (κ2) is 9.31. The first-order valence-corrected chi connectivity index (χ1v) is 10.6. The van der Waals surface area contributed by atoms with Gasteiger partial charge >= 0.3 is 0 Å². The highest BCUT2D eigenvalue weighted by Gasteiger charge is 2.31. The molecule has 2 saturated heterocycles. The normalized spacial score (nSPS) is 21.1. The topological polar surface area (TPSA) is 74.2 Å². The second-order valence-electron chi connectivity index (χ2n) is 8.09. The van der Waals surface area contributed by atoms with E-state index in [-0.39, 0.29) is 11.8 Å². The predicted octanol–water partition coefficient (Wildman–Crippen LogP) is 2.18. The number of nitrogens with one attached hydrogen (secondary N) is 1. The smallest absolute Gasteiger partial charge is 0.224 e. The molecule has 0 aromatic carbocycles. The lowest BCUT2D eigenvalue weighted by Gasteiger charge is -2.42. The summed E-state index contributed by atoms with van der Waals surface area (Å²) in [4.78, 5) is 30.4. The first-order chi connectivity index (χ1) is 14.2. The third-order valence-electron chi connectivity index (χ3n) is 6.08. The number of aryl methyl sites for hydroxylation is 1. The fourth-order valence-electron chi connectivity index (χ4n) is 4.47. The Morgan fingerprint density at radius 2 is 2.03 bits per heavy atom. The zero-order valence-electron chi connectivity index (χ0n) is 17.1. The SMILES string of the molecule is Cc1nccc(N2CCC(N3CCC[C@@H](C(=O)NCc4cccnc4)C3)CC2)n1. The quantitative estimate of drug-likeness (QED) is 0.838. The van der Waals surface area contributed by atoms with Crippen LogP contribution in [0.3, 0.4) is 0 Å². The number of piperidine rings is 2. The van der Waals surface area contributed by atoms with E-state index in [1.54, 1.807) is 12.4 Å². The molecule has 1 amide bonds. The standard InChI is InChI=1S/C22H30N6O/c1-17-24-10-6-21(26-17)27-12-7-20(8-13-27)28-11-3-5-19(16-28)22(29)25-15-18-4-2-9-23-14-18/h2,4,6,9-10,14,19-20H,3,5,7-8,11-13,15-16H2,1H3,(H,25,29)/t19-/m1/s1. The Morgan fingerprint density at radius 1 is 1.17 bits per heavy atom. The van der Waals surface area contributed by atoms with Crippen molar-refractivity contribution in [1.29, 1.82) is 0 Å². The van der Waals surface area contributed by atoms with Crippen LogP contribution in [0.4, 0.5) is 5.82 Å². The van der Waals surface area contributed by atoms with Gasteiger partial charge < -0.3 is 10.2 Å². The summed E-state index contributed by atoms with van der Waals surface area (Å²) in [5.74, 6) is 2.11. The number of rotatable bonds is 5. The molecule has 0 saturated carbocycles. The summed E-state index contributed by atoms with van der Waals surface area (Å²) in [6.45, 7) is 6.48. The second-order valence-corrected chi connectivity index (χ2v) is 8.09. The van der Waals surface area contributed by atoms with Gasteiger partial charge in [0.25, 0.3) is 0 Å². The molecule has 29 heavy (non-hydrogen) atoms. The van der Waals surface area contributed by atoms with E-state index >= 15 is 0 Å². The Bertz CT molecular complexity index is 806. The van der Waals surface area contributed by atoms with Crippen LogP contribution in [0.5, 0.6) is 0 Å². The van der Waals surface area contributed by atoms with Crippen LogP contribution in [0.1, 0.15) is 37.1 Å². The Labute approximate surface area is 172 Å². The molecule has 1 atom stereocenters. The van der Waals surface area contributed by atoms with Gasteiger partial charge in [0.05, 0.1) is 5.92 Å². The van der Waals surface area contributed by atoms with Crippen molar-refractivity contribution in [2.75, 3.05) is 31.1 Å². The summed E-state index contributed by atoms with van der Waals surface area (Å²) >= 11 is 0. The minimum absolute atomic E-state index is 0.0861. The van der Waals surface area contributed by atoms with Crippen LogP contribution >= 0.6 is 0 Å². The minimum atomic E-state index is 0.0861. The average molecular weight is 395 g/mol. The molecule has 0 aliphatic carbocycles. The molecule has 7 heteroatoms. The summed E-state index contributed by atoms with van der Waals surface area (Å²) in [5.41, 5.74) is 1.04. The molecular formula is C22H30N6O. The molecule has 0 radical (unpaired) electrons. The van der Waals surface area contributed by atoms with E-state index in [0.717, 1.165) is 69.1 Å². The van der Waals surface area contributed by atoms with Gasteiger partial charge in [0.15, 0.2) is 0 Å². The van der Waals surface area contributed by atoms with Crippen LogP contribution in [0, 0.1) is 12.8 Å². The number of amides is 1. The van der Waals surface area contributed by atoms with Gasteiger partial charge in [0.1, 0.15) is 11.6 Å². The van der Waals surface area contributed by atoms with E-state index < -0.39 is 0 Å². The first-order valence-electron chi connectivity index (χ1n) is 10.6. The molecule has 7 nitrogen and oxygen atoms in total. The first kappa shape index (κ1) is 19.8. The third-order valence-corrected chi connectivity index (χ3v) is 6.08. The zero-order chi connectivity index (χ0) is 20.1. The van der Waals surface area contributed by atoms with Crippen LogP contribution in [-0.2, 0) is 11.3 Å². The Hall–Kier alpha value is -2.54. The molecule has 2 aromatic rings. The summed E-state index contributed by atoms with van der Waals surface area (Å²) in [7, 11) is 0. The third kappa shape index (κ3) is 5.09. The van der Waals surface area contributed by atoms with E-state index in [0.29, 0.717) is 12.6 Å². The lowest BCUT2D eigenvalue weighted by atomic mass is 9.93. The van der Waals surface area contributed by atoms with Crippen LogP contribution < -0.4 is 10.2 Å². The molecule has 2 aromatic heterocycles. The lowest BCUT2D eigenvalue weighted by molar-refractivity contribution is -0.127. The molecular weight excluding hydrogens is 364 g/mol. The highest BCUT2D eigenvalue weighted by molar-refractivity contribution is 5.78. The Balaban J connectivity index is 1.27. The molecule has 154 valence electrons. The van der Waals surface area contributed by atoms with Crippen molar-refractivity contribution < 1.29 is 4.79 Å². The number of aromatic nitrogens is 3. The number of anilines is 1. The maximum atomic E-state index is 12.7. The zero-order valence-corrected chi connectivity index (χ0v) is 17.1. The molecule has 2 fully saturated rings. The van der Waals surface area contributed by atoms with Crippen molar-refractivity contribution in [3.63, 3.8) is 0 Å². The number of carbonyl (C=O) groups excluding carboxylic acids is 1. The van der Waals surface area contributed by atoms with Gasteiger partial charge in [0.2, 0.25) is 5.91 Å². The van der Waals surface area contributed by atoms with E-state index in [1.165, 1.54) is 0 Å². The number of nitrogens with zero attached hydrogens (tertiary/aromatic N) is 5. The molecule has 2 aliphatic heterocycles. The van der Waals surface area contributed by atoms with Crippen molar-refractivity contribution in [1.82, 2.24) is 25.2 Å². The van der Waals surface area contributed by atoms with Gasteiger partial charge in [-0.2, -0.15) is 0 Å². The van der Waals surface area contributed by atoms with Gasteiger partial charge in [-0.15, -0.1) is 0 Å². The highest BCUT2D eigenvalue weighted by Crippen LogP contribution is 2.25. The monoisotopic (exact) mass is 394 g/mol. The maximum absolute atomic E-state index is 12.7. The molecule has 0 spiro atoms. The van der Waals surface area contributed by atoms with E-state index in [1.807, 2.05) is 31.3 Å². The number of pyridine rings is 1. The fourth-order valence-corrected chi connectivity index (χ4v) is 4.47. The minimum Gasteiger partial charge on any atom is -0.356 e. The highest BCUT2D eigenvalue weighted by atomic mass is 16.1. The number of carbonyl (C=O) groups is 1. The largest absolute Gasteiger partial charge is 0.356 e. The van der Waals surface area contributed by atoms with Gasteiger partial charge in [0, 0.05) is 50.8 Å². The van der Waals surface area contributed by atoms with Gasteiger partial charge in [-0.1, -0.05) is 6.07 Å². The van der Waals surface area contributed by atoms with Gasteiger partial charge in [-0.05, 0) is 56.8 Å². The van der Waals surface area contributed by atoms with E-state index in [4.69, 9.17) is 0 Å². The molecule has 0 bridgehead atoms. The Kier molecular flexibility index (Phi) is 6.34. The van der Waals surface area contributed by atoms with Crippen molar-refractivity contribution in [2.45, 2.75) is 45.2 Å².